The molecule has 0 spiro atoms. The molecule has 30 heavy (non-hydrogen) atoms. The van der Waals surface area contributed by atoms with E-state index in [9.17, 15) is 14.4 Å². The van der Waals surface area contributed by atoms with Crippen LogP contribution in [0.4, 0.5) is 5.69 Å². The first-order valence-electron chi connectivity index (χ1n) is 9.84. The van der Waals surface area contributed by atoms with Crippen LogP contribution in [0.1, 0.15) is 37.2 Å². The molecule has 3 atom stereocenters. The number of amides is 1. The highest BCUT2D eigenvalue weighted by Gasteiger charge is 2.42. The molecule has 1 N–H and O–H groups in total. The zero-order valence-corrected chi connectivity index (χ0v) is 18.9. The number of hydrogen-bond donors (Lipinski definition) is 1. The molecule has 0 aromatic heterocycles. The number of halogens is 2. The highest BCUT2D eigenvalue weighted by Crippen LogP contribution is 2.36. The van der Waals surface area contributed by atoms with Crippen molar-refractivity contribution in [2.45, 2.75) is 31.6 Å². The molecule has 0 bridgehead atoms. The van der Waals surface area contributed by atoms with E-state index in [-0.39, 0.29) is 5.78 Å². The highest BCUT2D eigenvalue weighted by molar-refractivity contribution is 9.10. The van der Waals surface area contributed by atoms with E-state index < -0.39 is 29.6 Å². The van der Waals surface area contributed by atoms with Gasteiger partial charge in [-0.25, -0.2) is 0 Å². The SMILES string of the molecule is COC(=O)[C@@H]1CCCC[C@H]1C(=O)C(C(=O)Nc1cccc(Cl)c1)c1ccc(Br)cc1. The minimum atomic E-state index is -1.03. The van der Waals surface area contributed by atoms with Gasteiger partial charge in [-0.2, -0.15) is 0 Å². The van der Waals surface area contributed by atoms with Crippen molar-refractivity contribution >= 4 is 50.9 Å². The summed E-state index contributed by atoms with van der Waals surface area (Å²) >= 11 is 9.41. The molecule has 0 heterocycles. The van der Waals surface area contributed by atoms with E-state index in [1.54, 1.807) is 48.5 Å². The second-order valence-electron chi connectivity index (χ2n) is 7.41. The minimum absolute atomic E-state index is 0.257. The van der Waals surface area contributed by atoms with Crippen molar-refractivity contribution in [1.82, 2.24) is 0 Å². The summed E-state index contributed by atoms with van der Waals surface area (Å²) in [5.41, 5.74) is 1.09. The lowest BCUT2D eigenvalue weighted by molar-refractivity contribution is -0.152. The van der Waals surface area contributed by atoms with Gasteiger partial charge in [0.25, 0.3) is 0 Å². The maximum absolute atomic E-state index is 13.6. The molecule has 2 aromatic carbocycles. The van der Waals surface area contributed by atoms with Crippen molar-refractivity contribution in [2.75, 3.05) is 12.4 Å². The molecule has 1 amide bonds. The number of ketones is 1. The van der Waals surface area contributed by atoms with E-state index in [1.165, 1.54) is 7.11 Å². The molecule has 0 aliphatic heterocycles. The molecule has 1 fully saturated rings. The third-order valence-electron chi connectivity index (χ3n) is 5.48. The molecule has 158 valence electrons. The van der Waals surface area contributed by atoms with Crippen molar-refractivity contribution in [1.29, 1.82) is 0 Å². The largest absolute Gasteiger partial charge is 0.469 e. The Hall–Kier alpha value is -2.18. The number of ether oxygens (including phenoxy) is 1. The molecule has 7 heteroatoms. The number of nitrogens with one attached hydrogen (secondary N) is 1. The van der Waals surface area contributed by atoms with Gasteiger partial charge >= 0.3 is 5.97 Å². The molecular formula is C23H23BrClNO4. The van der Waals surface area contributed by atoms with Crippen LogP contribution in [0.3, 0.4) is 0 Å². The van der Waals surface area contributed by atoms with E-state index in [2.05, 4.69) is 21.2 Å². The van der Waals surface area contributed by atoms with Gasteiger partial charge in [-0.1, -0.05) is 58.6 Å². The maximum Gasteiger partial charge on any atom is 0.309 e. The zero-order valence-electron chi connectivity index (χ0n) is 16.6. The summed E-state index contributed by atoms with van der Waals surface area (Å²) in [7, 11) is 1.33. The number of rotatable bonds is 6. The molecule has 2 aromatic rings. The van der Waals surface area contributed by atoms with Gasteiger partial charge in [-0.15, -0.1) is 0 Å². The summed E-state index contributed by atoms with van der Waals surface area (Å²) in [6.45, 7) is 0. The summed E-state index contributed by atoms with van der Waals surface area (Å²) in [4.78, 5) is 39.1. The van der Waals surface area contributed by atoms with Crippen LogP contribution >= 0.6 is 27.5 Å². The van der Waals surface area contributed by atoms with Crippen LogP contribution in [0, 0.1) is 11.8 Å². The van der Waals surface area contributed by atoms with Gasteiger partial charge in [-0.3, -0.25) is 14.4 Å². The summed E-state index contributed by atoms with van der Waals surface area (Å²) in [5, 5.41) is 3.29. The number of Topliss-reactive ketones (excluding diaryl/α,β-unsaturated/α-hetero) is 1. The molecule has 5 nitrogen and oxygen atoms in total. The Morgan fingerprint density at radius 1 is 1.07 bits per heavy atom. The average molecular weight is 493 g/mol. The number of esters is 1. The fourth-order valence-electron chi connectivity index (χ4n) is 4.00. The van der Waals surface area contributed by atoms with Crippen LogP contribution in [0.5, 0.6) is 0 Å². The Balaban J connectivity index is 1.94. The normalized spacial score (nSPS) is 19.6. The van der Waals surface area contributed by atoms with Gasteiger partial charge in [-0.05, 0) is 48.7 Å². The monoisotopic (exact) mass is 491 g/mol. The first kappa shape index (κ1) is 22.5. The second-order valence-corrected chi connectivity index (χ2v) is 8.76. The van der Waals surface area contributed by atoms with Gasteiger partial charge in [0.05, 0.1) is 13.0 Å². The quantitative estimate of drug-likeness (QED) is 0.434. The van der Waals surface area contributed by atoms with Crippen molar-refractivity contribution in [3.8, 4) is 0 Å². The average Bonchev–Trinajstić information content (AvgIpc) is 2.74. The number of hydrogen-bond acceptors (Lipinski definition) is 4. The van der Waals surface area contributed by atoms with Gasteiger partial charge in [0, 0.05) is 21.1 Å². The van der Waals surface area contributed by atoms with Crippen LogP contribution in [0.2, 0.25) is 5.02 Å². The van der Waals surface area contributed by atoms with E-state index >= 15 is 0 Å². The number of carbonyl (C=O) groups is 3. The van der Waals surface area contributed by atoms with Crippen LogP contribution in [-0.4, -0.2) is 24.8 Å². The first-order valence-corrected chi connectivity index (χ1v) is 11.0. The Morgan fingerprint density at radius 2 is 1.73 bits per heavy atom. The summed E-state index contributed by atoms with van der Waals surface area (Å²) in [6.07, 6.45) is 2.86. The number of methoxy groups -OCH3 is 1. The van der Waals surface area contributed by atoms with E-state index in [0.717, 1.165) is 17.3 Å². The van der Waals surface area contributed by atoms with Crippen molar-refractivity contribution < 1.29 is 19.1 Å². The van der Waals surface area contributed by atoms with E-state index in [4.69, 9.17) is 16.3 Å². The smallest absolute Gasteiger partial charge is 0.309 e. The van der Waals surface area contributed by atoms with Gasteiger partial charge in [0.1, 0.15) is 5.92 Å². The Morgan fingerprint density at radius 3 is 2.37 bits per heavy atom. The minimum Gasteiger partial charge on any atom is -0.469 e. The number of benzene rings is 2. The molecular weight excluding hydrogens is 470 g/mol. The molecule has 1 unspecified atom stereocenters. The Bertz CT molecular complexity index is 931. The zero-order chi connectivity index (χ0) is 21.7. The molecule has 0 saturated heterocycles. The van der Waals surface area contributed by atoms with E-state index in [1.807, 2.05) is 0 Å². The summed E-state index contributed by atoms with van der Waals surface area (Å²) < 4.78 is 5.77. The van der Waals surface area contributed by atoms with Crippen molar-refractivity contribution in [2.24, 2.45) is 11.8 Å². The van der Waals surface area contributed by atoms with Crippen molar-refractivity contribution in [3.05, 3.63) is 63.6 Å². The fourth-order valence-corrected chi connectivity index (χ4v) is 4.45. The molecule has 1 aliphatic carbocycles. The fraction of sp³-hybridized carbons (Fsp3) is 0.348. The van der Waals surface area contributed by atoms with Gasteiger partial charge in [0.15, 0.2) is 5.78 Å². The number of carbonyl (C=O) groups excluding carboxylic acids is 3. The van der Waals surface area contributed by atoms with Crippen LogP contribution < -0.4 is 5.32 Å². The first-order chi connectivity index (χ1) is 14.4. The highest BCUT2D eigenvalue weighted by atomic mass is 79.9. The maximum atomic E-state index is 13.6. The van der Waals surface area contributed by atoms with Crippen molar-refractivity contribution in [3.63, 3.8) is 0 Å². The summed E-state index contributed by atoms with van der Waals surface area (Å²) in [6, 6.07) is 13.9. The molecule has 3 rings (SSSR count). The second kappa shape index (κ2) is 10.2. The summed E-state index contributed by atoms with van der Waals surface area (Å²) in [5.74, 6) is -3.20. The van der Waals surface area contributed by atoms with Gasteiger partial charge < -0.3 is 10.1 Å². The standard InChI is InChI=1S/C23H23BrClNO4/c1-30-23(29)19-8-3-2-7-18(19)21(27)20(14-9-11-15(24)12-10-14)22(28)26-17-6-4-5-16(25)13-17/h4-6,9-13,18-20H,2-3,7-8H2,1H3,(H,26,28)/t18-,19-,20?/m1/s1. The lowest BCUT2D eigenvalue weighted by Gasteiger charge is -2.31. The molecule has 1 aliphatic rings. The third-order valence-corrected chi connectivity index (χ3v) is 6.24. The predicted octanol–water partition coefficient (Wildman–Crippen LogP) is 5.37. The molecule has 1 saturated carbocycles. The predicted molar refractivity (Wildman–Crippen MR) is 119 cm³/mol. The topological polar surface area (TPSA) is 72.5 Å². The van der Waals surface area contributed by atoms with Gasteiger partial charge in [0.2, 0.25) is 5.91 Å². The Kier molecular flexibility index (Phi) is 7.67. The Labute approximate surface area is 189 Å². The third kappa shape index (κ3) is 5.29. The van der Waals surface area contributed by atoms with Crippen LogP contribution in [-0.2, 0) is 19.1 Å². The van der Waals surface area contributed by atoms with Crippen LogP contribution in [0.15, 0.2) is 53.0 Å². The number of anilines is 1. The van der Waals surface area contributed by atoms with Crippen LogP contribution in [0.25, 0.3) is 0 Å². The lowest BCUT2D eigenvalue weighted by atomic mass is 9.72. The molecule has 0 radical (unpaired) electrons. The lowest BCUT2D eigenvalue weighted by Crippen LogP contribution is -2.39. The van der Waals surface area contributed by atoms with E-state index in [0.29, 0.717) is 29.1 Å².